The quantitative estimate of drug-likeness (QED) is 0.428. The fraction of sp³-hybridized carbons (Fsp3) is 0.700. The van der Waals surface area contributed by atoms with Crippen molar-refractivity contribution in [1.29, 1.82) is 0 Å². The van der Waals surface area contributed by atoms with E-state index in [1.54, 1.807) is 11.0 Å². The standard InChI is InChI=1S/C10H20N2O2/c1-3-6-11-9-10(14)12(4-2)7-5-8-13/h3,11,13H,1,4-9H2,2H3. The monoisotopic (exact) mass is 200 g/mol. The first kappa shape index (κ1) is 13.1. The maximum Gasteiger partial charge on any atom is 0.236 e. The fourth-order valence-corrected chi connectivity index (χ4v) is 1.11. The van der Waals surface area contributed by atoms with E-state index in [1.165, 1.54) is 0 Å². The first-order valence-electron chi connectivity index (χ1n) is 4.96. The maximum atomic E-state index is 11.5. The van der Waals surface area contributed by atoms with Crippen LogP contribution in [-0.2, 0) is 4.79 Å². The normalized spacial score (nSPS) is 9.86. The third-order valence-corrected chi connectivity index (χ3v) is 1.89. The minimum Gasteiger partial charge on any atom is -0.396 e. The molecule has 0 aliphatic carbocycles. The number of rotatable bonds is 8. The number of amides is 1. The summed E-state index contributed by atoms with van der Waals surface area (Å²) in [6.07, 6.45) is 2.36. The molecule has 0 aliphatic rings. The SMILES string of the molecule is C=CCNCC(=O)N(CC)CCCO. The molecule has 0 unspecified atom stereocenters. The lowest BCUT2D eigenvalue weighted by molar-refractivity contribution is -0.130. The Balaban J connectivity index is 3.73. The molecule has 0 aliphatic heterocycles. The molecule has 0 bridgehead atoms. The summed E-state index contributed by atoms with van der Waals surface area (Å²) < 4.78 is 0. The molecule has 1 amide bonds. The topological polar surface area (TPSA) is 52.6 Å². The summed E-state index contributed by atoms with van der Waals surface area (Å²) >= 11 is 0. The van der Waals surface area contributed by atoms with Crippen molar-refractivity contribution >= 4 is 5.91 Å². The minimum atomic E-state index is 0.0720. The predicted molar refractivity (Wildman–Crippen MR) is 57.0 cm³/mol. The second-order valence-corrected chi connectivity index (χ2v) is 2.97. The Kier molecular flexibility index (Phi) is 8.17. The molecule has 0 aromatic rings. The molecule has 0 atom stereocenters. The highest BCUT2D eigenvalue weighted by atomic mass is 16.3. The zero-order valence-electron chi connectivity index (χ0n) is 8.83. The first-order chi connectivity index (χ1) is 6.76. The van der Waals surface area contributed by atoms with E-state index in [0.717, 1.165) is 0 Å². The van der Waals surface area contributed by atoms with Crippen molar-refractivity contribution in [3.05, 3.63) is 12.7 Å². The largest absolute Gasteiger partial charge is 0.396 e. The van der Waals surface area contributed by atoms with Gasteiger partial charge in [0.1, 0.15) is 0 Å². The highest BCUT2D eigenvalue weighted by Gasteiger charge is 2.09. The minimum absolute atomic E-state index is 0.0720. The number of nitrogens with one attached hydrogen (secondary N) is 1. The van der Waals surface area contributed by atoms with Gasteiger partial charge in [0.25, 0.3) is 0 Å². The van der Waals surface area contributed by atoms with Gasteiger partial charge in [0, 0.05) is 26.2 Å². The van der Waals surface area contributed by atoms with Gasteiger partial charge in [-0.25, -0.2) is 0 Å². The van der Waals surface area contributed by atoms with Crippen molar-refractivity contribution in [3.8, 4) is 0 Å². The van der Waals surface area contributed by atoms with Crippen molar-refractivity contribution in [1.82, 2.24) is 10.2 Å². The van der Waals surface area contributed by atoms with Crippen LogP contribution in [0.4, 0.5) is 0 Å². The molecule has 0 aromatic heterocycles. The van der Waals surface area contributed by atoms with Crippen LogP contribution in [0.25, 0.3) is 0 Å². The van der Waals surface area contributed by atoms with Crippen molar-refractivity contribution in [2.24, 2.45) is 0 Å². The summed E-state index contributed by atoms with van der Waals surface area (Å²) in [6.45, 7) is 7.91. The summed E-state index contributed by atoms with van der Waals surface area (Å²) in [4.78, 5) is 13.2. The number of hydrogen-bond acceptors (Lipinski definition) is 3. The molecular weight excluding hydrogens is 180 g/mol. The summed E-state index contributed by atoms with van der Waals surface area (Å²) in [5.41, 5.74) is 0. The number of aliphatic hydroxyl groups is 1. The Morgan fingerprint density at radius 2 is 2.36 bits per heavy atom. The van der Waals surface area contributed by atoms with E-state index in [0.29, 0.717) is 32.6 Å². The molecular formula is C10H20N2O2. The van der Waals surface area contributed by atoms with E-state index >= 15 is 0 Å². The van der Waals surface area contributed by atoms with Gasteiger partial charge >= 0.3 is 0 Å². The smallest absolute Gasteiger partial charge is 0.236 e. The highest BCUT2D eigenvalue weighted by molar-refractivity contribution is 5.78. The highest BCUT2D eigenvalue weighted by Crippen LogP contribution is 1.91. The van der Waals surface area contributed by atoms with Gasteiger partial charge in [-0.1, -0.05) is 6.08 Å². The van der Waals surface area contributed by atoms with Gasteiger partial charge in [-0.15, -0.1) is 6.58 Å². The average molecular weight is 200 g/mol. The van der Waals surface area contributed by atoms with E-state index in [-0.39, 0.29) is 12.5 Å². The lowest BCUT2D eigenvalue weighted by Crippen LogP contribution is -2.38. The molecule has 4 nitrogen and oxygen atoms in total. The molecule has 0 rings (SSSR count). The number of carbonyl (C=O) groups excluding carboxylic acids is 1. The van der Waals surface area contributed by atoms with E-state index in [1.807, 2.05) is 6.92 Å². The van der Waals surface area contributed by atoms with Gasteiger partial charge in [-0.3, -0.25) is 4.79 Å². The Labute approximate surface area is 85.6 Å². The van der Waals surface area contributed by atoms with Crippen LogP contribution in [0.15, 0.2) is 12.7 Å². The van der Waals surface area contributed by atoms with E-state index in [4.69, 9.17) is 5.11 Å². The summed E-state index contributed by atoms with van der Waals surface area (Å²) in [5, 5.41) is 11.6. The van der Waals surface area contributed by atoms with Gasteiger partial charge in [-0.2, -0.15) is 0 Å². The second-order valence-electron chi connectivity index (χ2n) is 2.97. The Morgan fingerprint density at radius 3 is 2.86 bits per heavy atom. The van der Waals surface area contributed by atoms with E-state index in [9.17, 15) is 4.79 Å². The Hall–Kier alpha value is -0.870. The third-order valence-electron chi connectivity index (χ3n) is 1.89. The van der Waals surface area contributed by atoms with Crippen LogP contribution < -0.4 is 5.32 Å². The van der Waals surface area contributed by atoms with Gasteiger partial charge in [0.2, 0.25) is 5.91 Å². The van der Waals surface area contributed by atoms with E-state index in [2.05, 4.69) is 11.9 Å². The predicted octanol–water partition coefficient (Wildman–Crippen LogP) is -0.00710. The second kappa shape index (κ2) is 8.72. The molecule has 2 N–H and O–H groups in total. The summed E-state index contributed by atoms with van der Waals surface area (Å²) in [6, 6.07) is 0. The molecule has 0 heterocycles. The molecule has 0 fully saturated rings. The maximum absolute atomic E-state index is 11.5. The van der Waals surface area contributed by atoms with Crippen LogP contribution in [0.2, 0.25) is 0 Å². The molecule has 14 heavy (non-hydrogen) atoms. The van der Waals surface area contributed by atoms with Crippen molar-refractivity contribution < 1.29 is 9.90 Å². The first-order valence-corrected chi connectivity index (χ1v) is 4.96. The average Bonchev–Trinajstić information content (AvgIpc) is 2.19. The molecule has 0 radical (unpaired) electrons. The Bertz CT molecular complexity index is 172. The van der Waals surface area contributed by atoms with Crippen molar-refractivity contribution in [3.63, 3.8) is 0 Å². The van der Waals surface area contributed by atoms with Crippen LogP contribution in [0.1, 0.15) is 13.3 Å². The number of nitrogens with zero attached hydrogens (tertiary/aromatic N) is 1. The molecule has 0 saturated carbocycles. The summed E-state index contributed by atoms with van der Waals surface area (Å²) in [7, 11) is 0. The van der Waals surface area contributed by atoms with Gasteiger partial charge in [0.15, 0.2) is 0 Å². The van der Waals surface area contributed by atoms with Crippen molar-refractivity contribution in [2.45, 2.75) is 13.3 Å². The Morgan fingerprint density at radius 1 is 1.64 bits per heavy atom. The number of likely N-dealkylation sites (N-methyl/N-ethyl adjacent to an activating group) is 1. The van der Waals surface area contributed by atoms with Crippen LogP contribution >= 0.6 is 0 Å². The molecule has 4 heteroatoms. The fourth-order valence-electron chi connectivity index (χ4n) is 1.11. The number of hydrogen-bond donors (Lipinski definition) is 2. The molecule has 0 spiro atoms. The van der Waals surface area contributed by atoms with Crippen LogP contribution in [0.5, 0.6) is 0 Å². The number of aliphatic hydroxyl groups excluding tert-OH is 1. The molecule has 82 valence electrons. The zero-order valence-corrected chi connectivity index (χ0v) is 8.83. The van der Waals surface area contributed by atoms with Gasteiger partial charge in [-0.05, 0) is 13.3 Å². The van der Waals surface area contributed by atoms with Gasteiger partial charge in [0.05, 0.1) is 6.54 Å². The number of carbonyl (C=O) groups is 1. The lowest BCUT2D eigenvalue weighted by Gasteiger charge is -2.20. The van der Waals surface area contributed by atoms with Crippen LogP contribution in [-0.4, -0.2) is 48.7 Å². The van der Waals surface area contributed by atoms with Crippen LogP contribution in [0, 0.1) is 0 Å². The van der Waals surface area contributed by atoms with E-state index < -0.39 is 0 Å². The van der Waals surface area contributed by atoms with Gasteiger partial charge < -0.3 is 15.3 Å². The van der Waals surface area contributed by atoms with Crippen molar-refractivity contribution in [2.75, 3.05) is 32.8 Å². The molecule has 0 saturated heterocycles. The zero-order chi connectivity index (χ0) is 10.8. The lowest BCUT2D eigenvalue weighted by atomic mass is 10.3. The third kappa shape index (κ3) is 5.72. The van der Waals surface area contributed by atoms with Crippen LogP contribution in [0.3, 0.4) is 0 Å². The molecule has 0 aromatic carbocycles. The summed E-state index contributed by atoms with van der Waals surface area (Å²) in [5.74, 6) is 0.0720.